The molecule has 0 fully saturated rings. The van der Waals surface area contributed by atoms with Crippen LogP contribution < -0.4 is 10.1 Å². The Bertz CT molecular complexity index is 856. The number of ether oxygens (including phenoxy) is 1. The molecule has 0 bridgehead atoms. The summed E-state index contributed by atoms with van der Waals surface area (Å²) < 4.78 is 5.06. The van der Waals surface area contributed by atoms with Crippen molar-refractivity contribution in [3.8, 4) is 11.8 Å². The molecule has 0 saturated heterocycles. The molecule has 2 rings (SSSR count). The minimum Gasteiger partial charge on any atom is -0.497 e. The second-order valence-electron chi connectivity index (χ2n) is 5.07. The first-order valence-corrected chi connectivity index (χ1v) is 7.73. The van der Waals surface area contributed by atoms with Crippen molar-refractivity contribution in [2.45, 2.75) is 0 Å². The number of nitriles is 1. The zero-order chi connectivity index (χ0) is 18.2. The third-order valence-corrected chi connectivity index (χ3v) is 3.54. The number of nitrogens with one attached hydrogen (secondary N) is 1. The first-order chi connectivity index (χ1) is 12.0. The number of carbonyl (C=O) groups is 2. The number of rotatable bonds is 6. The van der Waals surface area contributed by atoms with E-state index in [9.17, 15) is 14.9 Å². The van der Waals surface area contributed by atoms with E-state index in [4.69, 9.17) is 16.3 Å². The van der Waals surface area contributed by atoms with Crippen LogP contribution in [0.15, 0.2) is 54.6 Å². The summed E-state index contributed by atoms with van der Waals surface area (Å²) in [5.74, 6) is -2.19. The maximum Gasteiger partial charge on any atom is 0.249 e. The molecule has 0 saturated carbocycles. The third-order valence-electron chi connectivity index (χ3n) is 3.30. The Morgan fingerprint density at radius 3 is 2.68 bits per heavy atom. The maximum absolute atomic E-state index is 12.2. The van der Waals surface area contributed by atoms with Crippen molar-refractivity contribution in [2.24, 2.45) is 5.92 Å². The normalized spacial score (nSPS) is 11.6. The van der Waals surface area contributed by atoms with Crippen molar-refractivity contribution in [3.63, 3.8) is 0 Å². The van der Waals surface area contributed by atoms with Gasteiger partial charge in [0, 0.05) is 16.8 Å². The van der Waals surface area contributed by atoms with E-state index in [1.54, 1.807) is 54.6 Å². The lowest BCUT2D eigenvalue weighted by Gasteiger charge is -2.09. The maximum atomic E-state index is 12.2. The molecule has 1 amide bonds. The summed E-state index contributed by atoms with van der Waals surface area (Å²) in [6, 6.07) is 15.2. The number of amides is 1. The van der Waals surface area contributed by atoms with Gasteiger partial charge in [-0.25, -0.2) is 0 Å². The van der Waals surface area contributed by atoms with Gasteiger partial charge >= 0.3 is 0 Å². The van der Waals surface area contributed by atoms with Crippen LogP contribution in [0.3, 0.4) is 0 Å². The van der Waals surface area contributed by atoms with E-state index in [0.29, 0.717) is 22.0 Å². The Morgan fingerprint density at radius 1 is 1.24 bits per heavy atom. The molecule has 126 valence electrons. The van der Waals surface area contributed by atoms with E-state index >= 15 is 0 Å². The molecule has 0 aliphatic heterocycles. The van der Waals surface area contributed by atoms with Crippen LogP contribution in [-0.4, -0.2) is 18.8 Å². The molecule has 0 spiro atoms. The van der Waals surface area contributed by atoms with E-state index in [2.05, 4.69) is 5.32 Å². The number of halogens is 1. The topological polar surface area (TPSA) is 79.2 Å². The van der Waals surface area contributed by atoms with Crippen LogP contribution in [0.4, 0.5) is 5.69 Å². The summed E-state index contributed by atoms with van der Waals surface area (Å²) >= 11 is 5.87. The van der Waals surface area contributed by atoms with Crippen molar-refractivity contribution in [3.05, 3.63) is 65.2 Å². The van der Waals surface area contributed by atoms with Crippen molar-refractivity contribution >= 4 is 35.1 Å². The first-order valence-electron chi connectivity index (χ1n) is 7.35. The number of hydrogen-bond donors (Lipinski definition) is 1. The lowest BCUT2D eigenvalue weighted by molar-refractivity contribution is -0.126. The predicted molar refractivity (Wildman–Crippen MR) is 96.2 cm³/mol. The number of anilines is 1. The molecule has 1 N–H and O–H groups in total. The van der Waals surface area contributed by atoms with E-state index in [1.165, 1.54) is 19.3 Å². The van der Waals surface area contributed by atoms with Gasteiger partial charge in [-0.15, -0.1) is 0 Å². The van der Waals surface area contributed by atoms with Crippen molar-refractivity contribution in [1.29, 1.82) is 5.26 Å². The molecular weight excluding hydrogens is 340 g/mol. The summed E-state index contributed by atoms with van der Waals surface area (Å²) in [5.41, 5.74) is 1.14. The zero-order valence-corrected chi connectivity index (χ0v) is 14.2. The number of nitrogens with zero attached hydrogens (tertiary/aromatic N) is 1. The Balaban J connectivity index is 2.08. The first kappa shape index (κ1) is 18.2. The fraction of sp³-hybridized carbons (Fsp3) is 0.105. The van der Waals surface area contributed by atoms with Gasteiger partial charge in [-0.1, -0.05) is 35.9 Å². The van der Waals surface area contributed by atoms with Gasteiger partial charge in [0.05, 0.1) is 13.2 Å². The van der Waals surface area contributed by atoms with Gasteiger partial charge in [-0.05, 0) is 35.9 Å². The quantitative estimate of drug-likeness (QED) is 0.633. The highest BCUT2D eigenvalue weighted by Gasteiger charge is 2.24. The highest BCUT2D eigenvalue weighted by Crippen LogP contribution is 2.18. The van der Waals surface area contributed by atoms with Crippen molar-refractivity contribution in [1.82, 2.24) is 0 Å². The molecule has 6 heteroatoms. The van der Waals surface area contributed by atoms with Gasteiger partial charge in [0.1, 0.15) is 5.75 Å². The van der Waals surface area contributed by atoms with Crippen LogP contribution in [0, 0.1) is 17.2 Å². The Morgan fingerprint density at radius 2 is 2.00 bits per heavy atom. The van der Waals surface area contributed by atoms with E-state index in [0.717, 1.165) is 0 Å². The standard InChI is InChI=1S/C19H15ClN2O3/c1-25-16-7-3-6-15(11-16)22-19(24)17(12-21)18(23)9-8-13-4-2-5-14(20)10-13/h2-11,17H,1H3,(H,22,24)/b9-8+. The molecule has 25 heavy (non-hydrogen) atoms. The number of hydrogen-bond acceptors (Lipinski definition) is 4. The van der Waals surface area contributed by atoms with Gasteiger partial charge in [0.25, 0.3) is 0 Å². The fourth-order valence-electron chi connectivity index (χ4n) is 2.05. The number of methoxy groups -OCH3 is 1. The average Bonchev–Trinajstić information content (AvgIpc) is 2.61. The second-order valence-corrected chi connectivity index (χ2v) is 5.51. The Hall–Kier alpha value is -3.10. The minimum atomic E-state index is -1.44. The summed E-state index contributed by atoms with van der Waals surface area (Å²) in [4.78, 5) is 24.4. The van der Waals surface area contributed by atoms with Crippen LogP contribution in [0.5, 0.6) is 5.75 Å². The molecule has 1 unspecified atom stereocenters. The molecular formula is C19H15ClN2O3. The monoisotopic (exact) mass is 354 g/mol. The van der Waals surface area contributed by atoms with Crippen LogP contribution in [0.25, 0.3) is 6.08 Å². The third kappa shape index (κ3) is 5.20. The molecule has 1 atom stereocenters. The molecule has 0 heterocycles. The van der Waals surface area contributed by atoms with Crippen LogP contribution in [0.2, 0.25) is 5.02 Å². The molecule has 5 nitrogen and oxygen atoms in total. The number of ketones is 1. The zero-order valence-electron chi connectivity index (χ0n) is 13.4. The van der Waals surface area contributed by atoms with Crippen molar-refractivity contribution < 1.29 is 14.3 Å². The summed E-state index contributed by atoms with van der Waals surface area (Å²) in [6.07, 6.45) is 2.71. The Kier molecular flexibility index (Phi) is 6.33. The second kappa shape index (κ2) is 8.67. The minimum absolute atomic E-state index is 0.441. The SMILES string of the molecule is COc1cccc(NC(=O)C(C#N)C(=O)/C=C/c2cccc(Cl)c2)c1. The van der Waals surface area contributed by atoms with Gasteiger partial charge < -0.3 is 10.1 Å². The number of allylic oxidation sites excluding steroid dienone is 1. The van der Waals surface area contributed by atoms with Gasteiger partial charge in [-0.3, -0.25) is 9.59 Å². The molecule has 2 aromatic rings. The smallest absolute Gasteiger partial charge is 0.249 e. The molecule has 2 aromatic carbocycles. The fourth-order valence-corrected chi connectivity index (χ4v) is 2.25. The largest absolute Gasteiger partial charge is 0.497 e. The molecule has 0 radical (unpaired) electrons. The van der Waals surface area contributed by atoms with Crippen LogP contribution in [0.1, 0.15) is 5.56 Å². The summed E-state index contributed by atoms with van der Waals surface area (Å²) in [5, 5.41) is 12.2. The van der Waals surface area contributed by atoms with Crippen LogP contribution in [-0.2, 0) is 9.59 Å². The highest BCUT2D eigenvalue weighted by atomic mass is 35.5. The molecule has 0 aromatic heterocycles. The van der Waals surface area contributed by atoms with Crippen LogP contribution >= 0.6 is 11.6 Å². The van der Waals surface area contributed by atoms with E-state index < -0.39 is 17.6 Å². The summed E-state index contributed by atoms with van der Waals surface area (Å²) in [7, 11) is 1.50. The summed E-state index contributed by atoms with van der Waals surface area (Å²) in [6.45, 7) is 0. The van der Waals surface area contributed by atoms with Crippen molar-refractivity contribution in [2.75, 3.05) is 12.4 Å². The number of benzene rings is 2. The predicted octanol–water partition coefficient (Wildman–Crippen LogP) is 3.71. The van der Waals surface area contributed by atoms with Gasteiger partial charge in [0.2, 0.25) is 5.91 Å². The highest BCUT2D eigenvalue weighted by molar-refractivity contribution is 6.30. The van der Waals surface area contributed by atoms with E-state index in [1.807, 2.05) is 0 Å². The average molecular weight is 355 g/mol. The molecule has 0 aliphatic carbocycles. The number of carbonyl (C=O) groups excluding carboxylic acids is 2. The Labute approximate surface area is 150 Å². The van der Waals surface area contributed by atoms with E-state index in [-0.39, 0.29) is 0 Å². The van der Waals surface area contributed by atoms with Gasteiger partial charge in [0.15, 0.2) is 11.7 Å². The molecule has 0 aliphatic rings. The van der Waals surface area contributed by atoms with Gasteiger partial charge in [-0.2, -0.15) is 5.26 Å². The lowest BCUT2D eigenvalue weighted by Crippen LogP contribution is -2.27. The lowest BCUT2D eigenvalue weighted by atomic mass is 10.0.